The van der Waals surface area contributed by atoms with E-state index in [0.717, 1.165) is 30.4 Å². The van der Waals surface area contributed by atoms with Crippen molar-refractivity contribution in [2.45, 2.75) is 85.4 Å². The summed E-state index contributed by atoms with van der Waals surface area (Å²) in [5.74, 6) is -0.796. The smallest absolute Gasteiger partial charge is 0.408 e. The van der Waals surface area contributed by atoms with E-state index in [1.54, 1.807) is 20.8 Å². The van der Waals surface area contributed by atoms with Crippen molar-refractivity contribution in [3.05, 3.63) is 34.9 Å². The SMILES string of the molecule is CCCCCNC(=O)C(c1cccc(C)c1C)N(CCO)C(=O)C(C)NC(=O)OC(C)(C)C. The Morgan fingerprint density at radius 2 is 1.82 bits per heavy atom. The molecule has 0 fully saturated rings. The summed E-state index contributed by atoms with van der Waals surface area (Å²) in [5.41, 5.74) is 1.87. The molecule has 8 heteroatoms. The normalized spacial score (nSPS) is 13.1. The number of aliphatic hydroxyl groups excluding tert-OH is 1. The number of carbonyl (C=O) groups excluding carboxylic acids is 3. The molecule has 0 aliphatic carbocycles. The van der Waals surface area contributed by atoms with Gasteiger partial charge in [0.15, 0.2) is 0 Å². The van der Waals surface area contributed by atoms with E-state index in [1.807, 2.05) is 32.0 Å². The monoisotopic (exact) mass is 463 g/mol. The lowest BCUT2D eigenvalue weighted by molar-refractivity contribution is -0.142. The summed E-state index contributed by atoms with van der Waals surface area (Å²) >= 11 is 0. The lowest BCUT2D eigenvalue weighted by atomic mass is 9.95. The highest BCUT2D eigenvalue weighted by Gasteiger charge is 2.35. The fraction of sp³-hybridized carbons (Fsp3) is 0.640. The molecule has 0 bridgehead atoms. The summed E-state index contributed by atoms with van der Waals surface area (Å²) in [6.45, 7) is 12.8. The Morgan fingerprint density at radius 3 is 2.39 bits per heavy atom. The summed E-state index contributed by atoms with van der Waals surface area (Å²) < 4.78 is 5.25. The molecule has 0 aliphatic heterocycles. The molecule has 0 saturated heterocycles. The van der Waals surface area contributed by atoms with Gasteiger partial charge in [0.25, 0.3) is 0 Å². The highest BCUT2D eigenvalue weighted by molar-refractivity contribution is 5.92. The van der Waals surface area contributed by atoms with E-state index in [1.165, 1.54) is 11.8 Å². The summed E-state index contributed by atoms with van der Waals surface area (Å²) in [6, 6.07) is 3.72. The molecule has 8 nitrogen and oxygen atoms in total. The second-order valence-electron chi connectivity index (χ2n) is 9.31. The second kappa shape index (κ2) is 13.2. The summed E-state index contributed by atoms with van der Waals surface area (Å²) in [4.78, 5) is 40.2. The maximum atomic E-state index is 13.4. The number of carbonyl (C=O) groups is 3. The van der Waals surface area contributed by atoms with Crippen molar-refractivity contribution in [1.82, 2.24) is 15.5 Å². The molecule has 3 N–H and O–H groups in total. The molecule has 2 unspecified atom stereocenters. The summed E-state index contributed by atoms with van der Waals surface area (Å²) in [7, 11) is 0. The van der Waals surface area contributed by atoms with Crippen LogP contribution in [0.15, 0.2) is 18.2 Å². The number of ether oxygens (including phenoxy) is 1. The van der Waals surface area contributed by atoms with Crippen molar-refractivity contribution in [3.63, 3.8) is 0 Å². The first-order valence-corrected chi connectivity index (χ1v) is 11.7. The zero-order chi connectivity index (χ0) is 25.2. The van der Waals surface area contributed by atoms with E-state index in [-0.39, 0.29) is 19.1 Å². The van der Waals surface area contributed by atoms with Gasteiger partial charge in [0.05, 0.1) is 6.61 Å². The number of hydrogen-bond donors (Lipinski definition) is 3. The minimum Gasteiger partial charge on any atom is -0.444 e. The topological polar surface area (TPSA) is 108 Å². The Kier molecular flexibility index (Phi) is 11.4. The van der Waals surface area contributed by atoms with E-state index in [0.29, 0.717) is 12.1 Å². The van der Waals surface area contributed by atoms with Gasteiger partial charge < -0.3 is 25.4 Å². The third-order valence-corrected chi connectivity index (χ3v) is 5.31. The molecule has 0 aliphatic rings. The predicted octanol–water partition coefficient (Wildman–Crippen LogP) is 3.39. The van der Waals surface area contributed by atoms with Crippen molar-refractivity contribution in [1.29, 1.82) is 0 Å². The van der Waals surface area contributed by atoms with Gasteiger partial charge in [-0.2, -0.15) is 0 Å². The molecule has 0 spiro atoms. The van der Waals surface area contributed by atoms with Gasteiger partial charge in [-0.3, -0.25) is 9.59 Å². The molecule has 1 aromatic rings. The van der Waals surface area contributed by atoms with Gasteiger partial charge in [0, 0.05) is 13.1 Å². The standard InChI is InChI=1S/C25H41N3O5/c1-8-9-10-14-26-22(30)21(20-13-11-12-17(2)18(20)3)28(15-16-29)23(31)19(4)27-24(32)33-25(5,6)7/h11-13,19,21,29H,8-10,14-16H2,1-7H3,(H,26,30)(H,27,32). The largest absolute Gasteiger partial charge is 0.444 e. The van der Waals surface area contributed by atoms with E-state index >= 15 is 0 Å². The molecule has 0 radical (unpaired) electrons. The van der Waals surface area contributed by atoms with Crippen LogP contribution >= 0.6 is 0 Å². The zero-order valence-corrected chi connectivity index (χ0v) is 21.2. The number of amides is 3. The number of unbranched alkanes of at least 4 members (excludes halogenated alkanes) is 2. The third kappa shape index (κ3) is 9.04. The summed E-state index contributed by atoms with van der Waals surface area (Å²) in [5, 5.41) is 15.2. The van der Waals surface area contributed by atoms with Crippen LogP contribution in [0.5, 0.6) is 0 Å². The van der Waals surface area contributed by atoms with E-state index in [2.05, 4.69) is 17.6 Å². The number of alkyl carbamates (subject to hydrolysis) is 1. The molecule has 1 rings (SSSR count). The molecule has 33 heavy (non-hydrogen) atoms. The van der Waals surface area contributed by atoms with Crippen LogP contribution in [-0.4, -0.2) is 59.3 Å². The molecule has 0 saturated carbocycles. The first kappa shape index (κ1) is 28.4. The fourth-order valence-electron chi connectivity index (χ4n) is 3.47. The quantitative estimate of drug-likeness (QED) is 0.436. The minimum absolute atomic E-state index is 0.0560. The van der Waals surface area contributed by atoms with Crippen LogP contribution in [-0.2, 0) is 14.3 Å². The first-order chi connectivity index (χ1) is 15.4. The maximum Gasteiger partial charge on any atom is 0.408 e. The number of benzene rings is 1. The van der Waals surface area contributed by atoms with Crippen LogP contribution in [0.1, 0.15) is 76.6 Å². The Morgan fingerprint density at radius 1 is 1.15 bits per heavy atom. The zero-order valence-electron chi connectivity index (χ0n) is 21.2. The number of hydrogen-bond acceptors (Lipinski definition) is 5. The molecule has 186 valence electrons. The highest BCUT2D eigenvalue weighted by Crippen LogP contribution is 2.27. The first-order valence-electron chi connectivity index (χ1n) is 11.7. The van der Waals surface area contributed by atoms with Crippen LogP contribution in [0, 0.1) is 13.8 Å². The lowest BCUT2D eigenvalue weighted by Crippen LogP contribution is -2.52. The second-order valence-corrected chi connectivity index (χ2v) is 9.31. The number of aliphatic hydroxyl groups is 1. The number of nitrogens with zero attached hydrogens (tertiary/aromatic N) is 1. The fourth-order valence-corrected chi connectivity index (χ4v) is 3.47. The van der Waals surface area contributed by atoms with Gasteiger partial charge >= 0.3 is 6.09 Å². The van der Waals surface area contributed by atoms with Crippen LogP contribution in [0.3, 0.4) is 0 Å². The number of nitrogens with one attached hydrogen (secondary N) is 2. The van der Waals surface area contributed by atoms with Gasteiger partial charge in [-0.25, -0.2) is 4.79 Å². The number of aryl methyl sites for hydroxylation is 1. The van der Waals surface area contributed by atoms with Gasteiger partial charge in [0.2, 0.25) is 11.8 Å². The van der Waals surface area contributed by atoms with Gasteiger partial charge in [-0.15, -0.1) is 0 Å². The third-order valence-electron chi connectivity index (χ3n) is 5.31. The van der Waals surface area contributed by atoms with E-state index in [9.17, 15) is 19.5 Å². The molecule has 0 aromatic heterocycles. The Hall–Kier alpha value is -2.61. The van der Waals surface area contributed by atoms with Crippen molar-refractivity contribution in [3.8, 4) is 0 Å². The summed E-state index contributed by atoms with van der Waals surface area (Å²) in [6.07, 6.45) is 2.13. The van der Waals surface area contributed by atoms with Crippen molar-refractivity contribution in [2.75, 3.05) is 19.7 Å². The van der Waals surface area contributed by atoms with Gasteiger partial charge in [-0.1, -0.05) is 38.0 Å². The van der Waals surface area contributed by atoms with Gasteiger partial charge in [-0.05, 0) is 64.7 Å². The molecular formula is C25H41N3O5. The van der Waals surface area contributed by atoms with Crippen molar-refractivity contribution in [2.24, 2.45) is 0 Å². The van der Waals surface area contributed by atoms with Crippen molar-refractivity contribution < 1.29 is 24.2 Å². The van der Waals surface area contributed by atoms with Crippen molar-refractivity contribution >= 4 is 17.9 Å². The number of rotatable bonds is 11. The molecule has 2 atom stereocenters. The molecule has 3 amide bonds. The van der Waals surface area contributed by atoms with Crippen LogP contribution in [0.25, 0.3) is 0 Å². The van der Waals surface area contributed by atoms with E-state index < -0.39 is 29.7 Å². The minimum atomic E-state index is -0.952. The van der Waals surface area contributed by atoms with Crippen LogP contribution in [0.2, 0.25) is 0 Å². The molecule has 1 aromatic carbocycles. The predicted molar refractivity (Wildman–Crippen MR) is 129 cm³/mol. The average Bonchev–Trinajstić information content (AvgIpc) is 2.71. The van der Waals surface area contributed by atoms with Crippen LogP contribution < -0.4 is 10.6 Å². The van der Waals surface area contributed by atoms with Crippen LogP contribution in [0.4, 0.5) is 4.79 Å². The lowest BCUT2D eigenvalue weighted by Gasteiger charge is -2.34. The average molecular weight is 464 g/mol. The highest BCUT2D eigenvalue weighted by atomic mass is 16.6. The Labute approximate surface area is 198 Å². The Bertz CT molecular complexity index is 804. The molecular weight excluding hydrogens is 422 g/mol. The van der Waals surface area contributed by atoms with Gasteiger partial charge in [0.1, 0.15) is 17.7 Å². The Balaban J connectivity index is 3.25. The molecule has 0 heterocycles. The maximum absolute atomic E-state index is 13.4. The van der Waals surface area contributed by atoms with E-state index in [4.69, 9.17) is 4.74 Å².